The summed E-state index contributed by atoms with van der Waals surface area (Å²) in [6.45, 7) is 5.96. The minimum atomic E-state index is 0.445. The lowest BCUT2D eigenvalue weighted by Gasteiger charge is -2.42. The molecule has 2 rings (SSSR count). The van der Waals surface area contributed by atoms with E-state index >= 15 is 0 Å². The zero-order chi connectivity index (χ0) is 12.5. The number of likely N-dealkylation sites (N-methyl/N-ethyl adjacent to an activating group) is 3. The van der Waals surface area contributed by atoms with Crippen LogP contribution in [0.2, 0.25) is 0 Å². The molecule has 1 aliphatic carbocycles. The summed E-state index contributed by atoms with van der Waals surface area (Å²) in [5.41, 5.74) is 0.445. The molecule has 4 nitrogen and oxygen atoms in total. The van der Waals surface area contributed by atoms with Crippen molar-refractivity contribution < 1.29 is 0 Å². The van der Waals surface area contributed by atoms with Gasteiger partial charge in [0.25, 0.3) is 0 Å². The molecule has 0 bridgehead atoms. The van der Waals surface area contributed by atoms with Crippen LogP contribution in [0.5, 0.6) is 0 Å². The molecular weight excluding hydrogens is 212 g/mol. The van der Waals surface area contributed by atoms with E-state index in [2.05, 4.69) is 48.2 Å². The lowest BCUT2D eigenvalue weighted by molar-refractivity contribution is 0.0703. The monoisotopic (exact) mass is 240 g/mol. The highest BCUT2D eigenvalue weighted by atomic mass is 15.3. The van der Waals surface area contributed by atoms with E-state index < -0.39 is 0 Å². The molecular formula is C13H28N4. The van der Waals surface area contributed by atoms with E-state index in [1.165, 1.54) is 39.0 Å². The lowest BCUT2D eigenvalue weighted by Crippen LogP contribution is -2.57. The van der Waals surface area contributed by atoms with E-state index in [-0.39, 0.29) is 0 Å². The molecule has 0 radical (unpaired) electrons. The quantitative estimate of drug-likeness (QED) is 0.672. The number of nitrogens with zero attached hydrogens (tertiary/aromatic N) is 3. The highest BCUT2D eigenvalue weighted by molar-refractivity contribution is 5.03. The summed E-state index contributed by atoms with van der Waals surface area (Å²) in [4.78, 5) is 7.17. The van der Waals surface area contributed by atoms with Crippen LogP contribution in [0.3, 0.4) is 0 Å². The van der Waals surface area contributed by atoms with Crippen molar-refractivity contribution in [2.75, 3.05) is 60.9 Å². The fourth-order valence-corrected chi connectivity index (χ4v) is 2.77. The van der Waals surface area contributed by atoms with E-state index in [4.69, 9.17) is 0 Å². The molecule has 1 heterocycles. The van der Waals surface area contributed by atoms with Crippen LogP contribution < -0.4 is 5.32 Å². The summed E-state index contributed by atoms with van der Waals surface area (Å²) < 4.78 is 0. The van der Waals surface area contributed by atoms with Gasteiger partial charge in [-0.05, 0) is 41.0 Å². The Morgan fingerprint density at radius 1 is 1.24 bits per heavy atom. The largest absolute Gasteiger partial charge is 0.309 e. The van der Waals surface area contributed by atoms with Crippen molar-refractivity contribution in [2.45, 2.75) is 24.4 Å². The average molecular weight is 240 g/mol. The van der Waals surface area contributed by atoms with Crippen LogP contribution in [0.1, 0.15) is 12.8 Å². The molecule has 0 atom stereocenters. The molecule has 4 heteroatoms. The van der Waals surface area contributed by atoms with Gasteiger partial charge in [-0.3, -0.25) is 4.90 Å². The van der Waals surface area contributed by atoms with Crippen molar-refractivity contribution >= 4 is 0 Å². The third-order valence-electron chi connectivity index (χ3n) is 4.11. The van der Waals surface area contributed by atoms with Crippen LogP contribution in [0.25, 0.3) is 0 Å². The molecule has 0 amide bonds. The van der Waals surface area contributed by atoms with Gasteiger partial charge in [-0.2, -0.15) is 0 Å². The first-order valence-corrected chi connectivity index (χ1v) is 6.79. The van der Waals surface area contributed by atoms with Crippen molar-refractivity contribution in [2.24, 2.45) is 0 Å². The first-order valence-electron chi connectivity index (χ1n) is 6.79. The molecule has 17 heavy (non-hydrogen) atoms. The highest BCUT2D eigenvalue weighted by Gasteiger charge is 2.42. The first-order chi connectivity index (χ1) is 8.01. The Morgan fingerprint density at radius 3 is 2.35 bits per heavy atom. The summed E-state index contributed by atoms with van der Waals surface area (Å²) in [5.74, 6) is 0. The third-order valence-corrected chi connectivity index (χ3v) is 4.11. The molecule has 1 N–H and O–H groups in total. The van der Waals surface area contributed by atoms with Gasteiger partial charge in [-0.15, -0.1) is 0 Å². The molecule has 0 aromatic rings. The minimum absolute atomic E-state index is 0.445. The van der Waals surface area contributed by atoms with Gasteiger partial charge in [0.1, 0.15) is 0 Å². The summed E-state index contributed by atoms with van der Waals surface area (Å²) in [5, 5.41) is 3.75. The van der Waals surface area contributed by atoms with Crippen molar-refractivity contribution in [3.05, 3.63) is 0 Å². The molecule has 1 aliphatic heterocycles. The van der Waals surface area contributed by atoms with Crippen LogP contribution in [-0.4, -0.2) is 87.2 Å². The Balaban J connectivity index is 1.59. The molecule has 2 fully saturated rings. The Morgan fingerprint density at radius 2 is 1.88 bits per heavy atom. The van der Waals surface area contributed by atoms with Crippen molar-refractivity contribution in [3.8, 4) is 0 Å². The predicted molar refractivity (Wildman–Crippen MR) is 72.4 cm³/mol. The molecule has 1 saturated heterocycles. The zero-order valence-electron chi connectivity index (χ0n) is 11.9. The summed E-state index contributed by atoms with van der Waals surface area (Å²) in [6.07, 6.45) is 2.70. The van der Waals surface area contributed by atoms with Gasteiger partial charge >= 0.3 is 0 Å². The maximum absolute atomic E-state index is 3.75. The normalized spacial score (nSPS) is 24.4. The van der Waals surface area contributed by atoms with E-state index in [9.17, 15) is 0 Å². The van der Waals surface area contributed by atoms with Crippen molar-refractivity contribution in [1.82, 2.24) is 20.0 Å². The molecule has 0 aromatic carbocycles. The van der Waals surface area contributed by atoms with Crippen molar-refractivity contribution in [3.63, 3.8) is 0 Å². The Kier molecular flexibility index (Phi) is 4.08. The number of hydrogen-bond acceptors (Lipinski definition) is 4. The zero-order valence-corrected chi connectivity index (χ0v) is 11.9. The van der Waals surface area contributed by atoms with Gasteiger partial charge < -0.3 is 15.1 Å². The van der Waals surface area contributed by atoms with Crippen LogP contribution in [0.15, 0.2) is 0 Å². The van der Waals surface area contributed by atoms with E-state index in [1.54, 1.807) is 0 Å². The second-order valence-corrected chi connectivity index (χ2v) is 6.30. The Bertz CT molecular complexity index is 244. The van der Waals surface area contributed by atoms with Crippen molar-refractivity contribution in [1.29, 1.82) is 0 Å². The van der Waals surface area contributed by atoms with Crippen LogP contribution >= 0.6 is 0 Å². The number of hydrogen-bond donors (Lipinski definition) is 1. The second-order valence-electron chi connectivity index (χ2n) is 6.30. The van der Waals surface area contributed by atoms with Gasteiger partial charge in [-0.25, -0.2) is 0 Å². The van der Waals surface area contributed by atoms with Gasteiger partial charge in [0.2, 0.25) is 0 Å². The van der Waals surface area contributed by atoms with Crippen LogP contribution in [0, 0.1) is 0 Å². The topological polar surface area (TPSA) is 21.8 Å². The summed E-state index contributed by atoms with van der Waals surface area (Å²) >= 11 is 0. The number of likely N-dealkylation sites (tertiary alicyclic amines) is 1. The summed E-state index contributed by atoms with van der Waals surface area (Å²) in [7, 11) is 8.78. The van der Waals surface area contributed by atoms with Crippen LogP contribution in [-0.2, 0) is 0 Å². The highest BCUT2D eigenvalue weighted by Crippen LogP contribution is 2.35. The SMILES string of the molecule is CN(C)CC1(NCCN(C)C2CN(C)C2)CC1. The molecule has 0 spiro atoms. The van der Waals surface area contributed by atoms with Gasteiger partial charge in [0, 0.05) is 44.3 Å². The fourth-order valence-electron chi connectivity index (χ4n) is 2.77. The number of rotatable bonds is 7. The van der Waals surface area contributed by atoms with E-state index in [1.807, 2.05) is 0 Å². The molecule has 0 unspecified atom stereocenters. The average Bonchev–Trinajstić information content (AvgIpc) is 2.92. The smallest absolute Gasteiger partial charge is 0.0347 e. The fraction of sp³-hybridized carbons (Fsp3) is 1.00. The van der Waals surface area contributed by atoms with Gasteiger partial charge in [0.05, 0.1) is 0 Å². The molecule has 0 aromatic heterocycles. The molecule has 2 aliphatic rings. The molecule has 100 valence electrons. The van der Waals surface area contributed by atoms with E-state index in [0.29, 0.717) is 5.54 Å². The number of nitrogens with one attached hydrogen (secondary N) is 1. The maximum Gasteiger partial charge on any atom is 0.0347 e. The predicted octanol–water partition coefficient (Wildman–Crippen LogP) is -0.0840. The summed E-state index contributed by atoms with van der Waals surface area (Å²) in [6, 6.07) is 0.783. The van der Waals surface area contributed by atoms with Gasteiger partial charge in [-0.1, -0.05) is 0 Å². The van der Waals surface area contributed by atoms with E-state index in [0.717, 1.165) is 12.6 Å². The minimum Gasteiger partial charge on any atom is -0.309 e. The Labute approximate surface area is 106 Å². The standard InChI is InChI=1S/C13H28N4/c1-15(2)11-13(5-6-13)14-7-8-17(4)12-9-16(3)10-12/h12,14H,5-11H2,1-4H3. The first kappa shape index (κ1) is 13.3. The molecule has 1 saturated carbocycles. The van der Waals surface area contributed by atoms with Crippen LogP contribution in [0.4, 0.5) is 0 Å². The lowest BCUT2D eigenvalue weighted by atomic mass is 10.1. The van der Waals surface area contributed by atoms with Gasteiger partial charge in [0.15, 0.2) is 0 Å². The Hall–Kier alpha value is -0.160. The third kappa shape index (κ3) is 3.65. The maximum atomic E-state index is 3.75. The second kappa shape index (κ2) is 5.22.